The lowest BCUT2D eigenvalue weighted by atomic mass is 9.94. The van der Waals surface area contributed by atoms with Crippen molar-refractivity contribution in [3.05, 3.63) is 29.3 Å². The van der Waals surface area contributed by atoms with Crippen LogP contribution in [0.3, 0.4) is 0 Å². The summed E-state index contributed by atoms with van der Waals surface area (Å²) in [7, 11) is 3.48. The minimum Gasteiger partial charge on any atom is -0.496 e. The number of aryl methyl sites for hydroxylation is 1. The summed E-state index contributed by atoms with van der Waals surface area (Å²) in [6, 6.07) is 6.27. The second kappa shape index (κ2) is 12.4. The van der Waals surface area contributed by atoms with Gasteiger partial charge in [0.05, 0.1) is 19.3 Å². The molecule has 0 spiro atoms. The number of benzene rings is 1. The van der Waals surface area contributed by atoms with Gasteiger partial charge in [-0.05, 0) is 31.9 Å². The average Bonchev–Trinajstić information content (AvgIpc) is 2.67. The molecule has 1 aromatic rings. The maximum absolute atomic E-state index is 5.77. The third-order valence-corrected chi connectivity index (χ3v) is 4.83. The van der Waals surface area contributed by atoms with E-state index in [0.717, 1.165) is 57.3 Å². The van der Waals surface area contributed by atoms with Crippen molar-refractivity contribution in [2.24, 2.45) is 4.99 Å². The van der Waals surface area contributed by atoms with Gasteiger partial charge in [0, 0.05) is 46.3 Å². The number of rotatable bonds is 8. The Balaban J connectivity index is 0.00000364. The molecule has 1 heterocycles. The number of guanidine groups is 1. The Labute approximate surface area is 180 Å². The molecule has 0 amide bonds. The van der Waals surface area contributed by atoms with Crippen LogP contribution in [0.5, 0.6) is 5.75 Å². The predicted octanol–water partition coefficient (Wildman–Crippen LogP) is 2.91. The summed E-state index contributed by atoms with van der Waals surface area (Å²) < 4.78 is 16.7. The Morgan fingerprint density at radius 2 is 1.96 bits per heavy atom. The van der Waals surface area contributed by atoms with Crippen molar-refractivity contribution >= 4 is 29.9 Å². The van der Waals surface area contributed by atoms with E-state index in [4.69, 9.17) is 19.2 Å². The molecule has 0 bridgehead atoms. The van der Waals surface area contributed by atoms with E-state index in [-0.39, 0.29) is 29.6 Å². The van der Waals surface area contributed by atoms with Gasteiger partial charge in [0.15, 0.2) is 5.96 Å². The second-order valence-corrected chi connectivity index (χ2v) is 6.69. The molecule has 1 fully saturated rings. The van der Waals surface area contributed by atoms with Gasteiger partial charge in [0.2, 0.25) is 0 Å². The normalized spacial score (nSPS) is 16.4. The van der Waals surface area contributed by atoms with Crippen molar-refractivity contribution in [3.63, 3.8) is 0 Å². The fourth-order valence-electron chi connectivity index (χ4n) is 3.15. The van der Waals surface area contributed by atoms with Gasteiger partial charge in [0.1, 0.15) is 5.75 Å². The molecular formula is C20H34IN3O3. The Bertz CT molecular complexity index is 590. The number of ether oxygens (including phenoxy) is 3. The van der Waals surface area contributed by atoms with Crippen molar-refractivity contribution in [2.45, 2.75) is 38.7 Å². The topological polar surface area (TPSA) is 64.1 Å². The van der Waals surface area contributed by atoms with Gasteiger partial charge in [-0.15, -0.1) is 24.0 Å². The molecule has 1 aliphatic heterocycles. The van der Waals surface area contributed by atoms with E-state index in [1.807, 2.05) is 6.07 Å². The van der Waals surface area contributed by atoms with E-state index in [0.29, 0.717) is 6.54 Å². The monoisotopic (exact) mass is 491 g/mol. The fraction of sp³-hybridized carbons (Fsp3) is 0.650. The first-order chi connectivity index (χ1) is 12.6. The minimum absolute atomic E-state index is 0. The molecule has 6 nitrogen and oxygen atoms in total. The summed E-state index contributed by atoms with van der Waals surface area (Å²) in [5.41, 5.74) is 2.23. The first-order valence-electron chi connectivity index (χ1n) is 9.41. The molecule has 1 aromatic carbocycles. The summed E-state index contributed by atoms with van der Waals surface area (Å²) in [6.45, 7) is 7.88. The van der Waals surface area contributed by atoms with Gasteiger partial charge >= 0.3 is 0 Å². The molecule has 2 N–H and O–H groups in total. The van der Waals surface area contributed by atoms with Crippen LogP contribution >= 0.6 is 24.0 Å². The van der Waals surface area contributed by atoms with Gasteiger partial charge in [-0.3, -0.25) is 4.99 Å². The quantitative estimate of drug-likeness (QED) is 0.333. The van der Waals surface area contributed by atoms with Crippen LogP contribution in [0.15, 0.2) is 23.2 Å². The van der Waals surface area contributed by atoms with Gasteiger partial charge < -0.3 is 24.8 Å². The number of nitrogens with one attached hydrogen (secondary N) is 2. The van der Waals surface area contributed by atoms with Crippen LogP contribution in [0, 0.1) is 6.92 Å². The standard InChI is InChI=1S/C20H33N3O3.HI/c1-5-21-19(23-15-20(25-4)9-12-26-13-10-20)22-11-8-17-14-16(2)6-7-18(17)24-3;/h6-7,14H,5,8-13,15H2,1-4H3,(H2,21,22,23);1H. The first-order valence-corrected chi connectivity index (χ1v) is 9.41. The van der Waals surface area contributed by atoms with Crippen LogP contribution < -0.4 is 15.4 Å². The smallest absolute Gasteiger partial charge is 0.191 e. The zero-order chi connectivity index (χ0) is 18.8. The summed E-state index contributed by atoms with van der Waals surface area (Å²) in [6.07, 6.45) is 2.64. The van der Waals surface area contributed by atoms with Crippen LogP contribution in [-0.2, 0) is 15.9 Å². The van der Waals surface area contributed by atoms with E-state index in [9.17, 15) is 0 Å². The highest BCUT2D eigenvalue weighted by Gasteiger charge is 2.32. The van der Waals surface area contributed by atoms with Crippen LogP contribution in [0.4, 0.5) is 0 Å². The molecule has 1 aliphatic rings. The Hall–Kier alpha value is -1.06. The van der Waals surface area contributed by atoms with Crippen LogP contribution in [0.2, 0.25) is 0 Å². The minimum atomic E-state index is -0.208. The predicted molar refractivity (Wildman–Crippen MR) is 121 cm³/mol. The molecule has 0 atom stereocenters. The van der Waals surface area contributed by atoms with Crippen LogP contribution in [-0.4, -0.2) is 58.6 Å². The Morgan fingerprint density at radius 1 is 1.22 bits per heavy atom. The van der Waals surface area contributed by atoms with Crippen molar-refractivity contribution in [3.8, 4) is 5.75 Å². The molecule has 0 aromatic heterocycles. The maximum Gasteiger partial charge on any atom is 0.191 e. The summed E-state index contributed by atoms with van der Waals surface area (Å²) in [5, 5.41) is 6.73. The maximum atomic E-state index is 5.77. The van der Waals surface area contributed by atoms with Gasteiger partial charge in [-0.2, -0.15) is 0 Å². The number of methoxy groups -OCH3 is 2. The molecule has 27 heavy (non-hydrogen) atoms. The highest BCUT2D eigenvalue weighted by atomic mass is 127. The van der Waals surface area contributed by atoms with Crippen molar-refractivity contribution in [1.82, 2.24) is 10.6 Å². The second-order valence-electron chi connectivity index (χ2n) is 6.69. The fourth-order valence-corrected chi connectivity index (χ4v) is 3.15. The van der Waals surface area contributed by atoms with Crippen LogP contribution in [0.25, 0.3) is 0 Å². The lowest BCUT2D eigenvalue weighted by molar-refractivity contribution is -0.0828. The Kier molecular flexibility index (Phi) is 11.0. The summed E-state index contributed by atoms with van der Waals surface area (Å²) in [5.74, 6) is 1.75. The highest BCUT2D eigenvalue weighted by Crippen LogP contribution is 2.24. The van der Waals surface area contributed by atoms with E-state index >= 15 is 0 Å². The molecule has 2 rings (SSSR count). The number of hydrogen-bond acceptors (Lipinski definition) is 4. The number of nitrogens with zero attached hydrogens (tertiary/aromatic N) is 1. The number of halogens is 1. The molecule has 7 heteroatoms. The number of hydrogen-bond donors (Lipinski definition) is 2. The molecule has 0 aliphatic carbocycles. The zero-order valence-electron chi connectivity index (χ0n) is 17.0. The highest BCUT2D eigenvalue weighted by molar-refractivity contribution is 14.0. The molecule has 1 saturated heterocycles. The molecule has 0 saturated carbocycles. The van der Waals surface area contributed by atoms with E-state index in [2.05, 4.69) is 36.6 Å². The lowest BCUT2D eigenvalue weighted by Gasteiger charge is -2.34. The molecule has 0 radical (unpaired) electrons. The molecule has 0 unspecified atom stereocenters. The lowest BCUT2D eigenvalue weighted by Crippen LogP contribution is -2.44. The summed E-state index contributed by atoms with van der Waals surface area (Å²) in [4.78, 5) is 4.75. The van der Waals surface area contributed by atoms with Gasteiger partial charge in [-0.1, -0.05) is 17.7 Å². The van der Waals surface area contributed by atoms with Crippen LogP contribution in [0.1, 0.15) is 30.9 Å². The molecule has 154 valence electrons. The third-order valence-electron chi connectivity index (χ3n) is 4.83. The van der Waals surface area contributed by atoms with Gasteiger partial charge in [0.25, 0.3) is 0 Å². The van der Waals surface area contributed by atoms with E-state index in [1.54, 1.807) is 14.2 Å². The Morgan fingerprint density at radius 3 is 2.59 bits per heavy atom. The van der Waals surface area contributed by atoms with Crippen molar-refractivity contribution in [1.29, 1.82) is 0 Å². The third kappa shape index (κ3) is 7.46. The first kappa shape index (κ1) is 24.0. The van der Waals surface area contributed by atoms with Crippen molar-refractivity contribution < 1.29 is 14.2 Å². The SMILES string of the molecule is CCNC(=NCC1(OC)CCOCC1)NCCc1cc(C)ccc1OC.I. The van der Waals surface area contributed by atoms with Gasteiger partial charge in [-0.25, -0.2) is 0 Å². The number of aliphatic imine (C=N–C) groups is 1. The van der Waals surface area contributed by atoms with E-state index in [1.165, 1.54) is 11.1 Å². The largest absolute Gasteiger partial charge is 0.496 e. The average molecular weight is 491 g/mol. The van der Waals surface area contributed by atoms with Crippen molar-refractivity contribution in [2.75, 3.05) is 47.1 Å². The summed E-state index contributed by atoms with van der Waals surface area (Å²) >= 11 is 0. The zero-order valence-corrected chi connectivity index (χ0v) is 19.3. The van der Waals surface area contributed by atoms with E-state index < -0.39 is 0 Å². The molecular weight excluding hydrogens is 457 g/mol.